The number of ether oxygens (including phenoxy) is 1. The minimum atomic E-state index is -0.486. The van der Waals surface area contributed by atoms with E-state index in [1.54, 1.807) is 37.3 Å². The third-order valence-corrected chi connectivity index (χ3v) is 3.10. The normalized spacial score (nSPS) is 9.83. The van der Waals surface area contributed by atoms with Crippen LogP contribution in [0, 0.1) is 0 Å². The van der Waals surface area contributed by atoms with Crippen LogP contribution < -0.4 is 5.32 Å². The molecule has 23 heavy (non-hydrogen) atoms. The van der Waals surface area contributed by atoms with E-state index >= 15 is 0 Å². The molecule has 0 aromatic heterocycles. The van der Waals surface area contributed by atoms with E-state index in [-0.39, 0.29) is 31.4 Å². The maximum absolute atomic E-state index is 12.0. The molecule has 2 amide bonds. The third kappa shape index (κ3) is 5.94. The van der Waals surface area contributed by atoms with Gasteiger partial charge in [0.1, 0.15) is 0 Å². The van der Waals surface area contributed by atoms with Crippen molar-refractivity contribution >= 4 is 23.5 Å². The second-order valence-electron chi connectivity index (χ2n) is 4.82. The molecule has 0 bridgehead atoms. The Kier molecular flexibility index (Phi) is 7.53. The SMILES string of the molecule is C=CCN(CCC(=O)Nc1ccccc1C(=O)OCC)C(C)=O. The van der Waals surface area contributed by atoms with Gasteiger partial charge in [-0.05, 0) is 19.1 Å². The predicted octanol–water partition coefficient (Wildman–Crippen LogP) is 2.23. The van der Waals surface area contributed by atoms with E-state index in [4.69, 9.17) is 4.74 Å². The monoisotopic (exact) mass is 318 g/mol. The van der Waals surface area contributed by atoms with E-state index in [0.717, 1.165) is 0 Å². The number of anilines is 1. The molecule has 0 radical (unpaired) electrons. The molecule has 0 fully saturated rings. The summed E-state index contributed by atoms with van der Waals surface area (Å²) in [6, 6.07) is 6.64. The van der Waals surface area contributed by atoms with Gasteiger partial charge in [-0.2, -0.15) is 0 Å². The highest BCUT2D eigenvalue weighted by atomic mass is 16.5. The first-order valence-corrected chi connectivity index (χ1v) is 7.42. The number of nitrogens with zero attached hydrogens (tertiary/aromatic N) is 1. The van der Waals surface area contributed by atoms with Crippen molar-refractivity contribution in [3.8, 4) is 0 Å². The summed E-state index contributed by atoms with van der Waals surface area (Å²) < 4.78 is 4.96. The molecular weight excluding hydrogens is 296 g/mol. The molecule has 124 valence electrons. The molecule has 1 aromatic rings. The molecule has 0 aliphatic carbocycles. The number of carbonyl (C=O) groups excluding carboxylic acids is 3. The van der Waals surface area contributed by atoms with Gasteiger partial charge in [-0.3, -0.25) is 9.59 Å². The maximum Gasteiger partial charge on any atom is 0.340 e. The number of carbonyl (C=O) groups is 3. The fraction of sp³-hybridized carbons (Fsp3) is 0.353. The smallest absolute Gasteiger partial charge is 0.340 e. The second-order valence-corrected chi connectivity index (χ2v) is 4.82. The van der Waals surface area contributed by atoms with Crippen molar-refractivity contribution in [1.82, 2.24) is 4.90 Å². The zero-order valence-corrected chi connectivity index (χ0v) is 13.5. The molecule has 1 aromatic carbocycles. The average molecular weight is 318 g/mol. The minimum Gasteiger partial charge on any atom is -0.462 e. The first kappa shape index (κ1) is 18.4. The van der Waals surface area contributed by atoms with Crippen LogP contribution in [0.5, 0.6) is 0 Å². The molecule has 1 rings (SSSR count). The maximum atomic E-state index is 12.0. The lowest BCUT2D eigenvalue weighted by molar-refractivity contribution is -0.128. The molecule has 6 nitrogen and oxygen atoms in total. The van der Waals surface area contributed by atoms with Crippen LogP contribution in [-0.2, 0) is 14.3 Å². The Balaban J connectivity index is 2.69. The highest BCUT2D eigenvalue weighted by Crippen LogP contribution is 2.16. The predicted molar refractivity (Wildman–Crippen MR) is 88.1 cm³/mol. The Hall–Kier alpha value is -2.63. The highest BCUT2D eigenvalue weighted by molar-refractivity contribution is 6.01. The first-order chi connectivity index (χ1) is 11.0. The molecule has 1 N–H and O–H groups in total. The van der Waals surface area contributed by atoms with Crippen LogP contribution in [0.2, 0.25) is 0 Å². The van der Waals surface area contributed by atoms with Gasteiger partial charge in [0.2, 0.25) is 11.8 Å². The van der Waals surface area contributed by atoms with Crippen LogP contribution in [0.3, 0.4) is 0 Å². The quantitative estimate of drug-likeness (QED) is 0.589. The molecular formula is C17H22N2O4. The highest BCUT2D eigenvalue weighted by Gasteiger charge is 2.15. The Morgan fingerprint density at radius 3 is 2.61 bits per heavy atom. The summed E-state index contributed by atoms with van der Waals surface area (Å²) in [6.45, 7) is 7.68. The summed E-state index contributed by atoms with van der Waals surface area (Å²) >= 11 is 0. The van der Waals surface area contributed by atoms with Crippen LogP contribution >= 0.6 is 0 Å². The molecule has 0 atom stereocenters. The van der Waals surface area contributed by atoms with Crippen molar-refractivity contribution in [3.63, 3.8) is 0 Å². The number of rotatable bonds is 8. The molecule has 0 saturated heterocycles. The van der Waals surface area contributed by atoms with Gasteiger partial charge in [0.05, 0.1) is 17.9 Å². The number of nitrogens with one attached hydrogen (secondary N) is 1. The van der Waals surface area contributed by atoms with Gasteiger partial charge in [-0.25, -0.2) is 4.79 Å². The van der Waals surface area contributed by atoms with Crippen molar-refractivity contribution in [2.24, 2.45) is 0 Å². The summed E-state index contributed by atoms with van der Waals surface area (Å²) in [5.41, 5.74) is 0.700. The molecule has 0 spiro atoms. The zero-order chi connectivity index (χ0) is 17.2. The Bertz CT molecular complexity index is 584. The van der Waals surface area contributed by atoms with Crippen molar-refractivity contribution in [2.45, 2.75) is 20.3 Å². The van der Waals surface area contributed by atoms with Crippen LogP contribution in [-0.4, -0.2) is 42.4 Å². The molecule has 0 aliphatic heterocycles. The minimum absolute atomic E-state index is 0.121. The van der Waals surface area contributed by atoms with Gasteiger partial charge < -0.3 is 15.0 Å². The molecule has 0 heterocycles. The van der Waals surface area contributed by atoms with E-state index in [9.17, 15) is 14.4 Å². The van der Waals surface area contributed by atoms with Crippen LogP contribution in [0.15, 0.2) is 36.9 Å². The molecule has 0 aliphatic rings. The second kappa shape index (κ2) is 9.40. The van der Waals surface area contributed by atoms with Crippen molar-refractivity contribution in [1.29, 1.82) is 0 Å². The largest absolute Gasteiger partial charge is 0.462 e. The van der Waals surface area contributed by atoms with E-state index < -0.39 is 5.97 Å². The number of hydrogen-bond donors (Lipinski definition) is 1. The number of benzene rings is 1. The Morgan fingerprint density at radius 2 is 2.00 bits per heavy atom. The lowest BCUT2D eigenvalue weighted by Crippen LogP contribution is -2.32. The van der Waals surface area contributed by atoms with Gasteiger partial charge in [0.15, 0.2) is 0 Å². The summed E-state index contributed by atoms with van der Waals surface area (Å²) in [5.74, 6) is -0.887. The van der Waals surface area contributed by atoms with Gasteiger partial charge >= 0.3 is 5.97 Å². The third-order valence-electron chi connectivity index (χ3n) is 3.10. The number of esters is 1. The van der Waals surface area contributed by atoms with Crippen molar-refractivity contribution in [2.75, 3.05) is 25.0 Å². The van der Waals surface area contributed by atoms with Crippen LogP contribution in [0.4, 0.5) is 5.69 Å². The average Bonchev–Trinajstić information content (AvgIpc) is 2.51. The van der Waals surface area contributed by atoms with Crippen molar-refractivity contribution in [3.05, 3.63) is 42.5 Å². The standard InChI is InChI=1S/C17H22N2O4/c1-4-11-19(13(3)20)12-10-16(21)18-15-9-7-6-8-14(15)17(22)23-5-2/h4,6-9H,1,5,10-12H2,2-3H3,(H,18,21). The van der Waals surface area contributed by atoms with E-state index in [1.165, 1.54) is 11.8 Å². The zero-order valence-electron chi connectivity index (χ0n) is 13.5. The molecule has 6 heteroatoms. The summed E-state index contributed by atoms with van der Waals surface area (Å²) in [5, 5.41) is 2.68. The summed E-state index contributed by atoms with van der Waals surface area (Å²) in [7, 11) is 0. The van der Waals surface area contributed by atoms with Crippen LogP contribution in [0.1, 0.15) is 30.6 Å². The van der Waals surface area contributed by atoms with Gasteiger partial charge in [0, 0.05) is 26.4 Å². The number of amides is 2. The fourth-order valence-corrected chi connectivity index (χ4v) is 1.96. The summed E-state index contributed by atoms with van der Waals surface area (Å²) in [4.78, 5) is 36.8. The molecule has 0 unspecified atom stereocenters. The Labute approximate surface area is 136 Å². The molecule has 0 saturated carbocycles. The number of para-hydroxylation sites is 1. The topological polar surface area (TPSA) is 75.7 Å². The van der Waals surface area contributed by atoms with E-state index in [0.29, 0.717) is 17.8 Å². The van der Waals surface area contributed by atoms with Gasteiger partial charge in [-0.1, -0.05) is 18.2 Å². The first-order valence-electron chi connectivity index (χ1n) is 7.42. The Morgan fingerprint density at radius 1 is 1.30 bits per heavy atom. The van der Waals surface area contributed by atoms with Crippen LogP contribution in [0.25, 0.3) is 0 Å². The van der Waals surface area contributed by atoms with E-state index in [2.05, 4.69) is 11.9 Å². The van der Waals surface area contributed by atoms with Gasteiger partial charge in [-0.15, -0.1) is 6.58 Å². The number of hydrogen-bond acceptors (Lipinski definition) is 4. The fourth-order valence-electron chi connectivity index (χ4n) is 1.96. The lowest BCUT2D eigenvalue weighted by atomic mass is 10.1. The van der Waals surface area contributed by atoms with E-state index in [1.807, 2.05) is 0 Å². The van der Waals surface area contributed by atoms with Crippen molar-refractivity contribution < 1.29 is 19.1 Å². The van der Waals surface area contributed by atoms with Gasteiger partial charge in [0.25, 0.3) is 0 Å². The lowest BCUT2D eigenvalue weighted by Gasteiger charge is -2.19. The summed E-state index contributed by atoms with van der Waals surface area (Å²) in [6.07, 6.45) is 1.74.